The number of ether oxygens (including phenoxy) is 3. The van der Waals surface area contributed by atoms with Crippen molar-refractivity contribution in [1.29, 1.82) is 0 Å². The molecule has 0 aliphatic carbocycles. The van der Waals surface area contributed by atoms with Gasteiger partial charge in [-0.25, -0.2) is 0 Å². The van der Waals surface area contributed by atoms with Crippen LogP contribution in [0.2, 0.25) is 0 Å². The highest BCUT2D eigenvalue weighted by Gasteiger charge is 2.13. The highest BCUT2D eigenvalue weighted by Crippen LogP contribution is 2.06. The second kappa shape index (κ2) is 11.2. The van der Waals surface area contributed by atoms with Crippen molar-refractivity contribution in [2.24, 2.45) is 11.8 Å². The van der Waals surface area contributed by atoms with Gasteiger partial charge in [0, 0.05) is 12.5 Å². The maximum Gasteiger partial charge on any atom is 0.160 e. The molecule has 0 bridgehead atoms. The summed E-state index contributed by atoms with van der Waals surface area (Å²) < 4.78 is 16.6. The zero-order chi connectivity index (χ0) is 15.5. The van der Waals surface area contributed by atoms with Crippen LogP contribution in [0.4, 0.5) is 0 Å². The summed E-state index contributed by atoms with van der Waals surface area (Å²) in [5, 5.41) is 0. The molecular formula is C16H32O4. The first-order valence-electron chi connectivity index (χ1n) is 7.68. The largest absolute Gasteiger partial charge is 0.376 e. The molecule has 0 saturated heterocycles. The first kappa shape index (κ1) is 19.6. The van der Waals surface area contributed by atoms with E-state index in [9.17, 15) is 4.79 Å². The Balaban J connectivity index is 3.56. The van der Waals surface area contributed by atoms with Crippen LogP contribution in [0.1, 0.15) is 48.0 Å². The van der Waals surface area contributed by atoms with Crippen LogP contribution in [0.3, 0.4) is 0 Å². The minimum absolute atomic E-state index is 0.0317. The van der Waals surface area contributed by atoms with Gasteiger partial charge in [0.15, 0.2) is 5.78 Å². The summed E-state index contributed by atoms with van der Waals surface area (Å²) in [6, 6.07) is 0. The molecule has 0 unspecified atom stereocenters. The quantitative estimate of drug-likeness (QED) is 0.518. The van der Waals surface area contributed by atoms with Gasteiger partial charge in [0.2, 0.25) is 0 Å². The zero-order valence-corrected chi connectivity index (χ0v) is 14.0. The maximum atomic E-state index is 11.3. The molecule has 0 fully saturated rings. The molecule has 0 N–H and O–H groups in total. The minimum atomic E-state index is 0.0317. The number of ketones is 1. The lowest BCUT2D eigenvalue weighted by atomic mass is 10.1. The number of carbonyl (C=O) groups is 1. The van der Waals surface area contributed by atoms with Crippen molar-refractivity contribution >= 4 is 5.78 Å². The van der Waals surface area contributed by atoms with E-state index in [1.165, 1.54) is 0 Å². The Morgan fingerprint density at radius 2 is 1.40 bits per heavy atom. The van der Waals surface area contributed by atoms with Gasteiger partial charge in [-0.2, -0.15) is 0 Å². The first-order chi connectivity index (χ1) is 9.34. The summed E-state index contributed by atoms with van der Waals surface area (Å²) in [5.74, 6) is 0.818. The lowest BCUT2D eigenvalue weighted by Crippen LogP contribution is -2.28. The van der Waals surface area contributed by atoms with Gasteiger partial charge in [-0.3, -0.25) is 4.79 Å². The van der Waals surface area contributed by atoms with Gasteiger partial charge in [0.05, 0.1) is 25.4 Å². The minimum Gasteiger partial charge on any atom is -0.376 e. The monoisotopic (exact) mass is 288 g/mol. The Bertz CT molecular complexity index is 251. The van der Waals surface area contributed by atoms with Crippen molar-refractivity contribution in [2.45, 2.75) is 60.2 Å². The second-order valence-corrected chi connectivity index (χ2v) is 6.01. The first-order valence-corrected chi connectivity index (χ1v) is 7.68. The third kappa shape index (κ3) is 10.4. The van der Waals surface area contributed by atoms with Crippen molar-refractivity contribution < 1.29 is 19.0 Å². The summed E-state index contributed by atoms with van der Waals surface area (Å²) in [4.78, 5) is 11.3. The van der Waals surface area contributed by atoms with Crippen LogP contribution < -0.4 is 0 Å². The van der Waals surface area contributed by atoms with E-state index in [-0.39, 0.29) is 30.5 Å². The Labute approximate surface area is 124 Å². The van der Waals surface area contributed by atoms with Crippen molar-refractivity contribution in [2.75, 3.05) is 26.4 Å². The van der Waals surface area contributed by atoms with Crippen molar-refractivity contribution in [3.05, 3.63) is 0 Å². The number of rotatable bonds is 12. The smallest absolute Gasteiger partial charge is 0.160 e. The van der Waals surface area contributed by atoms with E-state index in [1.54, 1.807) is 0 Å². The molecule has 0 spiro atoms. The highest BCUT2D eigenvalue weighted by molar-refractivity contribution is 5.81. The third-order valence-electron chi connectivity index (χ3n) is 3.23. The molecule has 0 heterocycles. The summed E-state index contributed by atoms with van der Waals surface area (Å²) in [6.07, 6.45) is 1.18. The molecule has 0 amide bonds. The normalized spacial score (nSPS) is 14.8. The molecule has 20 heavy (non-hydrogen) atoms. The number of hydrogen-bond acceptors (Lipinski definition) is 4. The molecule has 0 rings (SSSR count). The number of carbonyl (C=O) groups excluding carboxylic acids is 1. The molecule has 0 aliphatic heterocycles. The zero-order valence-electron chi connectivity index (χ0n) is 14.0. The summed E-state index contributed by atoms with van der Waals surface area (Å²) >= 11 is 0. The summed E-state index contributed by atoms with van der Waals surface area (Å²) in [7, 11) is 0. The van der Waals surface area contributed by atoms with Crippen LogP contribution in [0, 0.1) is 11.8 Å². The van der Waals surface area contributed by atoms with Crippen LogP contribution in [-0.4, -0.2) is 44.4 Å². The van der Waals surface area contributed by atoms with E-state index >= 15 is 0 Å². The lowest BCUT2D eigenvalue weighted by molar-refractivity contribution is -0.127. The molecule has 0 saturated carbocycles. The Morgan fingerprint density at radius 1 is 0.850 bits per heavy atom. The van der Waals surface area contributed by atoms with Gasteiger partial charge in [-0.05, 0) is 26.2 Å². The van der Waals surface area contributed by atoms with E-state index in [1.807, 2.05) is 27.7 Å². The predicted octanol–water partition coefficient (Wildman–Crippen LogP) is 3.08. The predicted molar refractivity (Wildman–Crippen MR) is 80.9 cm³/mol. The molecule has 4 heteroatoms. The SMILES string of the molecule is CC(C)CCO[C@@H](C)[C@H](C)OCCOCC(=O)C(C)C. The van der Waals surface area contributed by atoms with Gasteiger partial charge in [0.25, 0.3) is 0 Å². The fraction of sp³-hybridized carbons (Fsp3) is 0.938. The molecule has 4 nitrogen and oxygen atoms in total. The van der Waals surface area contributed by atoms with Crippen LogP contribution in [0.5, 0.6) is 0 Å². The average molecular weight is 288 g/mol. The topological polar surface area (TPSA) is 44.8 Å². The molecule has 0 aromatic rings. The van der Waals surface area contributed by atoms with E-state index in [2.05, 4.69) is 13.8 Å². The highest BCUT2D eigenvalue weighted by atomic mass is 16.6. The molecule has 2 atom stereocenters. The molecule has 120 valence electrons. The maximum absolute atomic E-state index is 11.3. The second-order valence-electron chi connectivity index (χ2n) is 6.01. The fourth-order valence-corrected chi connectivity index (χ4v) is 1.39. The van der Waals surface area contributed by atoms with Crippen LogP contribution in [0.25, 0.3) is 0 Å². The van der Waals surface area contributed by atoms with Gasteiger partial charge in [-0.1, -0.05) is 27.7 Å². The van der Waals surface area contributed by atoms with E-state index in [0.717, 1.165) is 13.0 Å². The van der Waals surface area contributed by atoms with E-state index in [0.29, 0.717) is 19.1 Å². The Kier molecular flexibility index (Phi) is 11.0. The van der Waals surface area contributed by atoms with Gasteiger partial charge in [-0.15, -0.1) is 0 Å². The van der Waals surface area contributed by atoms with Gasteiger partial charge >= 0.3 is 0 Å². The lowest BCUT2D eigenvalue weighted by Gasteiger charge is -2.21. The molecule has 0 aromatic heterocycles. The molecule has 0 aromatic carbocycles. The fourth-order valence-electron chi connectivity index (χ4n) is 1.39. The van der Waals surface area contributed by atoms with Gasteiger partial charge in [0.1, 0.15) is 6.61 Å². The summed E-state index contributed by atoms with van der Waals surface area (Å²) in [6.45, 7) is 14.0. The third-order valence-corrected chi connectivity index (χ3v) is 3.23. The van der Waals surface area contributed by atoms with Crippen molar-refractivity contribution in [3.8, 4) is 0 Å². The molecule has 0 radical (unpaired) electrons. The van der Waals surface area contributed by atoms with E-state index < -0.39 is 0 Å². The van der Waals surface area contributed by atoms with E-state index in [4.69, 9.17) is 14.2 Å². The number of hydrogen-bond donors (Lipinski definition) is 0. The van der Waals surface area contributed by atoms with Crippen LogP contribution >= 0.6 is 0 Å². The Hall–Kier alpha value is -0.450. The van der Waals surface area contributed by atoms with Crippen LogP contribution in [-0.2, 0) is 19.0 Å². The van der Waals surface area contributed by atoms with Crippen molar-refractivity contribution in [3.63, 3.8) is 0 Å². The molecular weight excluding hydrogens is 256 g/mol. The van der Waals surface area contributed by atoms with Crippen molar-refractivity contribution in [1.82, 2.24) is 0 Å². The Morgan fingerprint density at radius 3 is 1.90 bits per heavy atom. The van der Waals surface area contributed by atoms with Gasteiger partial charge < -0.3 is 14.2 Å². The van der Waals surface area contributed by atoms with Crippen LogP contribution in [0.15, 0.2) is 0 Å². The number of Topliss-reactive ketones (excluding diaryl/α,β-unsaturated/α-hetero) is 1. The molecule has 0 aliphatic rings. The summed E-state index contributed by atoms with van der Waals surface area (Å²) in [5.41, 5.74) is 0. The average Bonchev–Trinajstić information content (AvgIpc) is 2.36. The standard InChI is InChI=1S/C16H32O4/c1-12(2)7-8-19-14(5)15(6)20-10-9-18-11-16(17)13(3)4/h12-15H,7-11H2,1-6H3/t14-,15-/m0/s1.